The molecule has 82 valence electrons. The summed E-state index contributed by atoms with van der Waals surface area (Å²) in [5.74, 6) is 0.713. The van der Waals surface area contributed by atoms with Crippen LogP contribution in [0.15, 0.2) is 18.2 Å². The summed E-state index contributed by atoms with van der Waals surface area (Å²) >= 11 is 0. The minimum atomic E-state index is -0.482. The normalized spacial score (nSPS) is 15.6. The van der Waals surface area contributed by atoms with Gasteiger partial charge in [0.1, 0.15) is 11.8 Å². The fourth-order valence-corrected chi connectivity index (χ4v) is 1.72. The Balaban J connectivity index is 2.30. The van der Waals surface area contributed by atoms with Crippen LogP contribution in [0.25, 0.3) is 0 Å². The summed E-state index contributed by atoms with van der Waals surface area (Å²) < 4.78 is 5.48. The standard InChI is InChI=1S/C12H12N2O2/c1-8(7-13)16-11-4-2-3-10-9(11)5-6-12(15)14-10/h2-4,8H,5-6H2,1H3,(H,14,15). The number of nitrogens with one attached hydrogen (secondary N) is 1. The number of fused-ring (bicyclic) bond motifs is 1. The van der Waals surface area contributed by atoms with E-state index in [1.54, 1.807) is 6.92 Å². The number of nitriles is 1. The predicted molar refractivity (Wildman–Crippen MR) is 59.1 cm³/mol. The lowest BCUT2D eigenvalue weighted by Crippen LogP contribution is -2.20. The number of ether oxygens (including phenoxy) is 1. The third kappa shape index (κ3) is 1.98. The summed E-state index contributed by atoms with van der Waals surface area (Å²) in [6, 6.07) is 7.50. The van der Waals surface area contributed by atoms with E-state index in [4.69, 9.17) is 10.00 Å². The molecule has 0 spiro atoms. The zero-order chi connectivity index (χ0) is 11.5. The molecule has 1 N–H and O–H groups in total. The highest BCUT2D eigenvalue weighted by atomic mass is 16.5. The molecule has 1 amide bonds. The van der Waals surface area contributed by atoms with Gasteiger partial charge in [-0.1, -0.05) is 6.07 Å². The van der Waals surface area contributed by atoms with E-state index in [0.29, 0.717) is 18.6 Å². The average molecular weight is 216 g/mol. The van der Waals surface area contributed by atoms with E-state index < -0.39 is 6.10 Å². The quantitative estimate of drug-likeness (QED) is 0.820. The van der Waals surface area contributed by atoms with Crippen LogP contribution in [0.3, 0.4) is 0 Å². The van der Waals surface area contributed by atoms with Gasteiger partial charge in [0, 0.05) is 17.7 Å². The molecular formula is C12H12N2O2. The maximum Gasteiger partial charge on any atom is 0.224 e. The monoisotopic (exact) mass is 216 g/mol. The van der Waals surface area contributed by atoms with Gasteiger partial charge in [-0.2, -0.15) is 5.26 Å². The van der Waals surface area contributed by atoms with E-state index in [2.05, 4.69) is 5.32 Å². The molecule has 2 rings (SSSR count). The van der Waals surface area contributed by atoms with Crippen LogP contribution in [-0.2, 0) is 11.2 Å². The lowest BCUT2D eigenvalue weighted by Gasteiger charge is -2.20. The Bertz CT molecular complexity index is 463. The van der Waals surface area contributed by atoms with Crippen molar-refractivity contribution in [2.45, 2.75) is 25.9 Å². The van der Waals surface area contributed by atoms with Crippen molar-refractivity contribution in [2.75, 3.05) is 5.32 Å². The van der Waals surface area contributed by atoms with E-state index in [9.17, 15) is 4.79 Å². The molecular weight excluding hydrogens is 204 g/mol. The van der Waals surface area contributed by atoms with Crippen LogP contribution in [0.5, 0.6) is 5.75 Å². The molecule has 1 aliphatic heterocycles. The van der Waals surface area contributed by atoms with Crippen molar-refractivity contribution in [3.05, 3.63) is 23.8 Å². The Morgan fingerprint density at radius 3 is 3.06 bits per heavy atom. The molecule has 0 saturated heterocycles. The first-order chi connectivity index (χ1) is 7.70. The second-order valence-corrected chi connectivity index (χ2v) is 3.72. The first-order valence-electron chi connectivity index (χ1n) is 5.18. The van der Waals surface area contributed by atoms with Crippen LogP contribution in [0.2, 0.25) is 0 Å². The van der Waals surface area contributed by atoms with E-state index in [0.717, 1.165) is 11.3 Å². The van der Waals surface area contributed by atoms with E-state index in [1.807, 2.05) is 24.3 Å². The van der Waals surface area contributed by atoms with Gasteiger partial charge in [0.15, 0.2) is 6.10 Å². The zero-order valence-electron chi connectivity index (χ0n) is 8.99. The molecule has 4 nitrogen and oxygen atoms in total. The Morgan fingerprint density at radius 2 is 2.31 bits per heavy atom. The molecule has 0 saturated carbocycles. The van der Waals surface area contributed by atoms with Crippen LogP contribution in [0, 0.1) is 11.3 Å². The van der Waals surface area contributed by atoms with Crippen LogP contribution < -0.4 is 10.1 Å². The van der Waals surface area contributed by atoms with Crippen molar-refractivity contribution in [1.29, 1.82) is 5.26 Å². The lowest BCUT2D eigenvalue weighted by atomic mass is 10.0. The van der Waals surface area contributed by atoms with E-state index >= 15 is 0 Å². The van der Waals surface area contributed by atoms with Gasteiger partial charge in [-0.3, -0.25) is 4.79 Å². The topological polar surface area (TPSA) is 62.1 Å². The van der Waals surface area contributed by atoms with Crippen molar-refractivity contribution in [1.82, 2.24) is 0 Å². The summed E-state index contributed by atoms with van der Waals surface area (Å²) in [4.78, 5) is 11.2. The van der Waals surface area contributed by atoms with E-state index in [-0.39, 0.29) is 5.91 Å². The highest BCUT2D eigenvalue weighted by Gasteiger charge is 2.18. The largest absolute Gasteiger partial charge is 0.476 e. The van der Waals surface area contributed by atoms with Gasteiger partial charge < -0.3 is 10.1 Å². The number of carbonyl (C=O) groups is 1. The summed E-state index contributed by atoms with van der Waals surface area (Å²) in [6.45, 7) is 1.70. The van der Waals surface area contributed by atoms with Gasteiger partial charge in [0.05, 0.1) is 0 Å². The van der Waals surface area contributed by atoms with Gasteiger partial charge in [0.25, 0.3) is 0 Å². The number of hydrogen-bond acceptors (Lipinski definition) is 3. The second-order valence-electron chi connectivity index (χ2n) is 3.72. The highest BCUT2D eigenvalue weighted by molar-refractivity contribution is 5.94. The molecule has 16 heavy (non-hydrogen) atoms. The van der Waals surface area contributed by atoms with Gasteiger partial charge >= 0.3 is 0 Å². The molecule has 1 heterocycles. The molecule has 0 aliphatic carbocycles. The molecule has 0 aromatic heterocycles. The number of amides is 1. The van der Waals surface area contributed by atoms with Crippen molar-refractivity contribution in [2.24, 2.45) is 0 Å². The van der Waals surface area contributed by atoms with Crippen molar-refractivity contribution in [3.8, 4) is 11.8 Å². The van der Waals surface area contributed by atoms with E-state index in [1.165, 1.54) is 0 Å². The summed E-state index contributed by atoms with van der Waals surface area (Å²) in [5, 5.41) is 11.5. The molecule has 1 aromatic carbocycles. The zero-order valence-corrected chi connectivity index (χ0v) is 8.99. The third-order valence-corrected chi connectivity index (χ3v) is 2.49. The van der Waals surface area contributed by atoms with Crippen molar-refractivity contribution < 1.29 is 9.53 Å². The van der Waals surface area contributed by atoms with Gasteiger partial charge in [-0.15, -0.1) is 0 Å². The highest BCUT2D eigenvalue weighted by Crippen LogP contribution is 2.31. The third-order valence-electron chi connectivity index (χ3n) is 2.49. The first kappa shape index (κ1) is 10.5. The van der Waals surface area contributed by atoms with Crippen LogP contribution >= 0.6 is 0 Å². The molecule has 1 aromatic rings. The Kier molecular flexibility index (Phi) is 2.78. The summed E-state index contributed by atoms with van der Waals surface area (Å²) in [7, 11) is 0. The lowest BCUT2D eigenvalue weighted by molar-refractivity contribution is -0.116. The molecule has 1 aliphatic rings. The average Bonchev–Trinajstić information content (AvgIpc) is 2.28. The fourth-order valence-electron chi connectivity index (χ4n) is 1.72. The minimum absolute atomic E-state index is 0.0259. The van der Waals surface area contributed by atoms with Crippen LogP contribution in [0.1, 0.15) is 18.9 Å². The van der Waals surface area contributed by atoms with Crippen molar-refractivity contribution in [3.63, 3.8) is 0 Å². The Labute approximate surface area is 93.8 Å². The van der Waals surface area contributed by atoms with Gasteiger partial charge in [-0.25, -0.2) is 0 Å². The van der Waals surface area contributed by atoms with Crippen LogP contribution in [0.4, 0.5) is 5.69 Å². The number of hydrogen-bond donors (Lipinski definition) is 1. The molecule has 0 fully saturated rings. The molecule has 0 bridgehead atoms. The number of carbonyl (C=O) groups excluding carboxylic acids is 1. The first-order valence-corrected chi connectivity index (χ1v) is 5.18. The van der Waals surface area contributed by atoms with Crippen molar-refractivity contribution >= 4 is 11.6 Å². The summed E-state index contributed by atoms with van der Waals surface area (Å²) in [6.07, 6.45) is 0.646. The Hall–Kier alpha value is -2.02. The molecule has 4 heteroatoms. The molecule has 0 radical (unpaired) electrons. The molecule has 1 unspecified atom stereocenters. The van der Waals surface area contributed by atoms with Crippen LogP contribution in [-0.4, -0.2) is 12.0 Å². The predicted octanol–water partition coefficient (Wildman–Crippen LogP) is 1.86. The number of rotatable bonds is 2. The number of benzene rings is 1. The maximum atomic E-state index is 11.2. The van der Waals surface area contributed by atoms with Gasteiger partial charge in [-0.05, 0) is 25.5 Å². The Morgan fingerprint density at radius 1 is 1.50 bits per heavy atom. The number of anilines is 1. The molecule has 1 atom stereocenters. The van der Waals surface area contributed by atoms with Gasteiger partial charge in [0.2, 0.25) is 5.91 Å². The smallest absolute Gasteiger partial charge is 0.224 e. The maximum absolute atomic E-state index is 11.2. The minimum Gasteiger partial charge on any atom is -0.476 e. The SMILES string of the molecule is CC(C#N)Oc1cccc2c1CCC(=O)N2. The number of nitrogens with zero attached hydrogens (tertiary/aromatic N) is 1. The fraction of sp³-hybridized carbons (Fsp3) is 0.333. The second kappa shape index (κ2) is 4.23. The summed E-state index contributed by atoms with van der Waals surface area (Å²) in [5.41, 5.74) is 1.77.